The van der Waals surface area contributed by atoms with E-state index in [1.807, 2.05) is 0 Å². The summed E-state index contributed by atoms with van der Waals surface area (Å²) in [6, 6.07) is 87.7. The summed E-state index contributed by atoms with van der Waals surface area (Å²) in [4.78, 5) is 0. The molecule has 0 radical (unpaired) electrons. The molecule has 0 aromatic heterocycles. The van der Waals surface area contributed by atoms with Crippen LogP contribution in [-0.4, -0.2) is 6.71 Å². The normalized spacial score (nSPS) is 12.2. The summed E-state index contributed by atoms with van der Waals surface area (Å²) in [5.41, 5.74) is 44.3. The van der Waals surface area contributed by atoms with Crippen LogP contribution in [0.4, 0.5) is 0 Å². The second-order valence-corrected chi connectivity index (χ2v) is 23.7. The molecule has 0 N–H and O–H groups in total. The Morgan fingerprint density at radius 3 is 0.614 bits per heavy atom. The van der Waals surface area contributed by atoms with Gasteiger partial charge in [-0.3, -0.25) is 0 Å². The summed E-state index contributed by atoms with van der Waals surface area (Å²) < 4.78 is 0. The van der Waals surface area contributed by atoms with Crippen molar-refractivity contribution in [1.82, 2.24) is 0 Å². The van der Waals surface area contributed by atoms with Crippen molar-refractivity contribution in [2.75, 3.05) is 0 Å². The maximum Gasteiger partial charge on any atom is 0.243 e. The van der Waals surface area contributed by atoms with E-state index < -0.39 is 0 Å². The van der Waals surface area contributed by atoms with Crippen LogP contribution in [0.25, 0.3) is 100 Å². The molecule has 83 heavy (non-hydrogen) atoms. The monoisotopic (exact) mass is 1060 g/mol. The largest absolute Gasteiger partial charge is 0.243 e. The second-order valence-electron chi connectivity index (χ2n) is 23.7. The molecular formula is C82H67B. The molecule has 398 valence electrons. The van der Waals surface area contributed by atoms with Crippen LogP contribution in [-0.2, 0) is 12.8 Å². The van der Waals surface area contributed by atoms with Crippen molar-refractivity contribution < 1.29 is 0 Å². The second kappa shape index (κ2) is 20.9. The van der Waals surface area contributed by atoms with Crippen LogP contribution >= 0.6 is 0 Å². The predicted molar refractivity (Wildman–Crippen MR) is 356 cm³/mol. The highest BCUT2D eigenvalue weighted by Gasteiger charge is 2.43. The molecule has 2 aliphatic heterocycles. The molecular weight excluding hydrogens is 996 g/mol. The van der Waals surface area contributed by atoms with E-state index in [1.165, 1.54) is 178 Å². The van der Waals surface area contributed by atoms with Gasteiger partial charge in [0.1, 0.15) is 0 Å². The Morgan fingerprint density at radius 1 is 0.193 bits per heavy atom. The van der Waals surface area contributed by atoms with Gasteiger partial charge in [0, 0.05) is 0 Å². The Hall–Kier alpha value is -9.30. The van der Waals surface area contributed by atoms with Crippen LogP contribution in [0.1, 0.15) is 66.8 Å². The van der Waals surface area contributed by atoms with Crippen molar-refractivity contribution in [3.63, 3.8) is 0 Å². The van der Waals surface area contributed by atoms with Crippen molar-refractivity contribution in [2.24, 2.45) is 0 Å². The van der Waals surface area contributed by atoms with Crippen LogP contribution < -0.4 is 16.4 Å². The molecule has 0 aliphatic carbocycles. The lowest BCUT2D eigenvalue weighted by atomic mass is 9.28. The van der Waals surface area contributed by atoms with E-state index in [2.05, 4.69) is 292 Å². The van der Waals surface area contributed by atoms with Crippen molar-refractivity contribution in [1.29, 1.82) is 0 Å². The topological polar surface area (TPSA) is 0 Å². The molecule has 0 nitrogen and oxygen atoms in total. The molecule has 1 heteroatoms. The van der Waals surface area contributed by atoms with Crippen LogP contribution in [0.2, 0.25) is 0 Å². The average molecular weight is 1060 g/mol. The molecule has 0 bridgehead atoms. The fourth-order valence-corrected chi connectivity index (χ4v) is 14.9. The van der Waals surface area contributed by atoms with Gasteiger partial charge < -0.3 is 0 Å². The molecule has 14 rings (SSSR count). The van der Waals surface area contributed by atoms with Crippen LogP contribution in [0.5, 0.6) is 0 Å². The zero-order chi connectivity index (χ0) is 56.6. The van der Waals surface area contributed by atoms with Gasteiger partial charge >= 0.3 is 0 Å². The highest BCUT2D eigenvalue weighted by atomic mass is 14.4. The highest BCUT2D eigenvalue weighted by Crippen LogP contribution is 2.46. The minimum atomic E-state index is 0.0680. The molecule has 0 saturated heterocycles. The molecule has 0 atom stereocenters. The van der Waals surface area contributed by atoms with Crippen molar-refractivity contribution in [3.8, 4) is 100 Å². The van der Waals surface area contributed by atoms with E-state index in [0.29, 0.717) is 0 Å². The van der Waals surface area contributed by atoms with Crippen LogP contribution in [0, 0.1) is 55.4 Å². The van der Waals surface area contributed by atoms with Gasteiger partial charge in [-0.25, -0.2) is 0 Å². The summed E-state index contributed by atoms with van der Waals surface area (Å²) in [5, 5.41) is 0. The number of hydrogen-bond donors (Lipinski definition) is 0. The first kappa shape index (κ1) is 51.8. The Bertz CT molecular complexity index is 4080. The van der Waals surface area contributed by atoms with E-state index in [0.717, 1.165) is 12.8 Å². The molecule has 0 fully saturated rings. The quantitative estimate of drug-likeness (QED) is 0.126. The Labute approximate surface area is 492 Å². The minimum Gasteiger partial charge on any atom is -0.0622 e. The maximum atomic E-state index is 2.48. The van der Waals surface area contributed by atoms with E-state index in [-0.39, 0.29) is 6.71 Å². The third kappa shape index (κ3) is 8.85. The fourth-order valence-electron chi connectivity index (χ4n) is 14.9. The Kier molecular flexibility index (Phi) is 13.1. The zero-order valence-corrected chi connectivity index (χ0v) is 49.0. The highest BCUT2D eigenvalue weighted by molar-refractivity contribution is 6.98. The van der Waals surface area contributed by atoms with Crippen LogP contribution in [0.3, 0.4) is 0 Å². The standard InChI is InChI=1S/C82H67B/c1-50-52(3)80-73(54(5)77(50)70-42-64(58-27-15-9-16-28-58)39-65(43-70)59-29-17-10-18-30-59)48-75-56(7)79(72-46-68(62-35-23-13-24-36-62)41-69(47-72)63-37-25-14-26-38-63)57(8)76-49-74-55(6)78(51(2)53(4)81(74)83(80)82(75)76)71-44-66(60-31-19-11-20-32-60)40-67(45-71)61-33-21-12-22-34-61/h9-47H,48-49H2,1-8H3. The SMILES string of the molecule is Cc1c(C)c(-c2cc(-c3ccccc3)cc(-c3ccccc3)c2)c(C)c2c1B1c3c(C)c(C)c(-c4cc(-c5ccccc5)cc(-c5ccccc5)c4)c(C)c3Cc3c(C)c(-c4cc(-c5ccccc5)cc(-c5ccccc5)c4)c(C)c(c31)C2. The molecule has 0 unspecified atom stereocenters. The van der Waals surface area contributed by atoms with E-state index in [4.69, 9.17) is 0 Å². The molecule has 0 spiro atoms. The number of fused-ring (bicyclic) bond motifs is 4. The number of hydrogen-bond acceptors (Lipinski definition) is 0. The van der Waals surface area contributed by atoms with Crippen LogP contribution in [0.15, 0.2) is 237 Å². The molecule has 12 aromatic carbocycles. The van der Waals surface area contributed by atoms with Gasteiger partial charge in [-0.15, -0.1) is 0 Å². The summed E-state index contributed by atoms with van der Waals surface area (Å²) in [6.07, 6.45) is 1.75. The van der Waals surface area contributed by atoms with Gasteiger partial charge in [-0.05, 0) is 279 Å². The molecule has 2 aliphatic rings. The number of benzene rings is 12. The lowest BCUT2D eigenvalue weighted by Crippen LogP contribution is -2.63. The van der Waals surface area contributed by atoms with Crippen molar-refractivity contribution >= 4 is 23.1 Å². The fraction of sp³-hybridized carbons (Fsp3) is 0.122. The van der Waals surface area contributed by atoms with Gasteiger partial charge in [0.2, 0.25) is 6.71 Å². The smallest absolute Gasteiger partial charge is 0.0622 e. The third-order valence-corrected chi connectivity index (χ3v) is 19.2. The van der Waals surface area contributed by atoms with Gasteiger partial charge in [0.15, 0.2) is 0 Å². The van der Waals surface area contributed by atoms with E-state index in [1.54, 1.807) is 5.46 Å². The Balaban J connectivity index is 1.05. The maximum absolute atomic E-state index is 2.48. The lowest BCUT2D eigenvalue weighted by Gasteiger charge is -2.41. The zero-order valence-electron chi connectivity index (χ0n) is 49.0. The summed E-state index contributed by atoms with van der Waals surface area (Å²) in [6.45, 7) is 19.6. The lowest BCUT2D eigenvalue weighted by molar-refractivity contribution is 1.07. The van der Waals surface area contributed by atoms with Gasteiger partial charge in [-0.1, -0.05) is 210 Å². The summed E-state index contributed by atoms with van der Waals surface area (Å²) in [5.74, 6) is 0. The molecule has 12 aromatic rings. The van der Waals surface area contributed by atoms with Gasteiger partial charge in [0.25, 0.3) is 0 Å². The van der Waals surface area contributed by atoms with E-state index in [9.17, 15) is 0 Å². The number of rotatable bonds is 9. The molecule has 0 saturated carbocycles. The van der Waals surface area contributed by atoms with Crippen molar-refractivity contribution in [2.45, 2.75) is 68.2 Å². The molecule has 2 heterocycles. The summed E-state index contributed by atoms with van der Waals surface area (Å²) >= 11 is 0. The summed E-state index contributed by atoms with van der Waals surface area (Å²) in [7, 11) is 0. The predicted octanol–water partition coefficient (Wildman–Crippen LogP) is 19.5. The third-order valence-electron chi connectivity index (χ3n) is 19.2. The van der Waals surface area contributed by atoms with Gasteiger partial charge in [0.05, 0.1) is 0 Å². The van der Waals surface area contributed by atoms with Gasteiger partial charge in [-0.2, -0.15) is 0 Å². The molecule has 0 amide bonds. The Morgan fingerprint density at radius 2 is 0.386 bits per heavy atom. The van der Waals surface area contributed by atoms with E-state index >= 15 is 0 Å². The first-order valence-corrected chi connectivity index (χ1v) is 29.7. The minimum absolute atomic E-state index is 0.0680. The van der Waals surface area contributed by atoms with Crippen molar-refractivity contribution in [3.05, 3.63) is 303 Å². The average Bonchev–Trinajstić information content (AvgIpc) is 1.04. The first-order chi connectivity index (χ1) is 40.5. The first-order valence-electron chi connectivity index (χ1n) is 29.7.